The van der Waals surface area contributed by atoms with Crippen molar-refractivity contribution in [1.29, 1.82) is 0 Å². The van der Waals surface area contributed by atoms with Gasteiger partial charge in [0, 0.05) is 24.8 Å². The van der Waals surface area contributed by atoms with Crippen molar-refractivity contribution in [3.8, 4) is 0 Å². The molecule has 0 N–H and O–H groups in total. The Labute approximate surface area is 100 Å². The van der Waals surface area contributed by atoms with Crippen molar-refractivity contribution in [2.24, 2.45) is 0 Å². The molecule has 0 saturated heterocycles. The Hall–Kier alpha value is -0.710. The first-order valence-electron chi connectivity index (χ1n) is 5.43. The normalized spacial score (nSPS) is 10.6. The van der Waals surface area contributed by atoms with E-state index in [1.165, 1.54) is 4.88 Å². The summed E-state index contributed by atoms with van der Waals surface area (Å²) in [5.41, 5.74) is 0. The number of thiophene rings is 1. The summed E-state index contributed by atoms with van der Waals surface area (Å²) in [4.78, 5) is 12.7. The fraction of sp³-hybridized carbons (Fsp3) is 0.583. The number of methoxy groups -OCH3 is 1. The molecular formula is C12H18O3S. The lowest BCUT2D eigenvalue weighted by Crippen LogP contribution is -2.08. The van der Waals surface area contributed by atoms with E-state index in [0.717, 1.165) is 6.42 Å². The van der Waals surface area contributed by atoms with Gasteiger partial charge in [-0.25, -0.2) is 0 Å². The minimum Gasteiger partial charge on any atom is -0.382 e. The molecule has 0 unspecified atom stereocenters. The van der Waals surface area contributed by atoms with Crippen molar-refractivity contribution in [3.63, 3.8) is 0 Å². The summed E-state index contributed by atoms with van der Waals surface area (Å²) in [7, 11) is 1.63. The topological polar surface area (TPSA) is 35.5 Å². The highest BCUT2D eigenvalue weighted by Gasteiger charge is 2.03. The number of carbonyl (C=O) groups excluding carboxylic acids is 1. The van der Waals surface area contributed by atoms with Crippen LogP contribution in [-0.2, 0) is 20.7 Å². The highest BCUT2D eigenvalue weighted by Crippen LogP contribution is 2.11. The van der Waals surface area contributed by atoms with Crippen LogP contribution in [0.3, 0.4) is 0 Å². The molecule has 0 bridgehead atoms. The Morgan fingerprint density at radius 3 is 2.88 bits per heavy atom. The third kappa shape index (κ3) is 6.00. The average Bonchev–Trinajstić information content (AvgIpc) is 2.79. The zero-order chi connectivity index (χ0) is 11.6. The van der Waals surface area contributed by atoms with Gasteiger partial charge < -0.3 is 9.47 Å². The molecule has 0 spiro atoms. The zero-order valence-electron chi connectivity index (χ0n) is 9.61. The van der Waals surface area contributed by atoms with E-state index in [0.29, 0.717) is 32.7 Å². The molecule has 16 heavy (non-hydrogen) atoms. The molecule has 1 rings (SSSR count). The molecule has 0 aliphatic rings. The number of hydrogen-bond acceptors (Lipinski definition) is 4. The Morgan fingerprint density at radius 2 is 2.19 bits per heavy atom. The number of Topliss-reactive ketones (excluding diaryl/α,β-unsaturated/α-hetero) is 1. The summed E-state index contributed by atoms with van der Waals surface area (Å²) in [5, 5.41) is 2.04. The molecule has 90 valence electrons. The van der Waals surface area contributed by atoms with Crippen LogP contribution in [0.5, 0.6) is 0 Å². The first-order valence-corrected chi connectivity index (χ1v) is 6.31. The fourth-order valence-electron chi connectivity index (χ4n) is 1.27. The quantitative estimate of drug-likeness (QED) is 0.623. The highest BCUT2D eigenvalue weighted by atomic mass is 32.1. The van der Waals surface area contributed by atoms with Crippen molar-refractivity contribution in [1.82, 2.24) is 0 Å². The Morgan fingerprint density at radius 1 is 1.31 bits per heavy atom. The Bertz CT molecular complexity index is 282. The maximum atomic E-state index is 11.5. The summed E-state index contributed by atoms with van der Waals surface area (Å²) < 4.78 is 10.1. The molecule has 0 radical (unpaired) electrons. The summed E-state index contributed by atoms with van der Waals surface area (Å²) >= 11 is 1.70. The monoisotopic (exact) mass is 242 g/mol. The summed E-state index contributed by atoms with van der Waals surface area (Å²) in [6.45, 7) is 1.66. The van der Waals surface area contributed by atoms with Crippen LogP contribution in [0.4, 0.5) is 0 Å². The molecule has 0 aromatic carbocycles. The molecule has 0 atom stereocenters. The molecule has 1 aromatic heterocycles. The molecule has 0 amide bonds. The number of aryl methyl sites for hydroxylation is 1. The van der Waals surface area contributed by atoms with E-state index in [4.69, 9.17) is 9.47 Å². The minimum absolute atomic E-state index is 0.269. The van der Waals surface area contributed by atoms with Crippen molar-refractivity contribution in [3.05, 3.63) is 22.4 Å². The molecule has 1 heterocycles. The smallest absolute Gasteiger partial charge is 0.135 e. The number of carbonyl (C=O) groups is 1. The third-order valence-corrected chi connectivity index (χ3v) is 3.12. The molecule has 3 nitrogen and oxygen atoms in total. The lowest BCUT2D eigenvalue weighted by atomic mass is 10.1. The summed E-state index contributed by atoms with van der Waals surface area (Å²) in [5.74, 6) is 0.269. The van der Waals surface area contributed by atoms with Gasteiger partial charge in [0.25, 0.3) is 0 Å². The number of ether oxygens (including phenoxy) is 2. The van der Waals surface area contributed by atoms with E-state index >= 15 is 0 Å². The predicted octanol–water partition coefficient (Wildman–Crippen LogP) is 2.30. The Kier molecular flexibility index (Phi) is 7.05. The lowest BCUT2D eigenvalue weighted by Gasteiger charge is -2.02. The van der Waals surface area contributed by atoms with E-state index in [2.05, 4.69) is 6.07 Å². The van der Waals surface area contributed by atoms with Gasteiger partial charge in [-0.3, -0.25) is 4.79 Å². The van der Waals surface area contributed by atoms with Crippen LogP contribution in [0.15, 0.2) is 17.5 Å². The minimum atomic E-state index is 0.269. The number of ketones is 1. The van der Waals surface area contributed by atoms with E-state index in [1.807, 2.05) is 11.4 Å². The fourth-order valence-corrected chi connectivity index (χ4v) is 1.98. The SMILES string of the molecule is COCCOCCC(=O)CCc1cccs1. The molecule has 0 aliphatic heterocycles. The van der Waals surface area contributed by atoms with Crippen LogP contribution in [0, 0.1) is 0 Å². The van der Waals surface area contributed by atoms with E-state index in [9.17, 15) is 4.79 Å². The van der Waals surface area contributed by atoms with Gasteiger partial charge in [-0.1, -0.05) is 6.07 Å². The summed E-state index contributed by atoms with van der Waals surface area (Å²) in [6, 6.07) is 4.07. The maximum absolute atomic E-state index is 11.5. The number of rotatable bonds is 9. The second-order valence-electron chi connectivity index (χ2n) is 3.47. The first-order chi connectivity index (χ1) is 7.83. The van der Waals surface area contributed by atoms with Crippen LogP contribution in [-0.4, -0.2) is 32.7 Å². The van der Waals surface area contributed by atoms with Crippen molar-refractivity contribution in [2.45, 2.75) is 19.3 Å². The predicted molar refractivity (Wildman–Crippen MR) is 65.0 cm³/mol. The van der Waals surface area contributed by atoms with Gasteiger partial charge >= 0.3 is 0 Å². The molecule has 4 heteroatoms. The maximum Gasteiger partial charge on any atom is 0.135 e. The lowest BCUT2D eigenvalue weighted by molar-refractivity contribution is -0.120. The first kappa shape index (κ1) is 13.4. The van der Waals surface area contributed by atoms with Gasteiger partial charge in [0.1, 0.15) is 5.78 Å². The average molecular weight is 242 g/mol. The third-order valence-electron chi connectivity index (χ3n) is 2.19. The molecule has 0 aliphatic carbocycles. The highest BCUT2D eigenvalue weighted by molar-refractivity contribution is 7.09. The second-order valence-corrected chi connectivity index (χ2v) is 4.51. The van der Waals surface area contributed by atoms with Crippen molar-refractivity contribution < 1.29 is 14.3 Å². The van der Waals surface area contributed by atoms with E-state index < -0.39 is 0 Å². The number of hydrogen-bond donors (Lipinski definition) is 0. The van der Waals surface area contributed by atoms with Gasteiger partial charge in [-0.15, -0.1) is 11.3 Å². The molecule has 0 fully saturated rings. The largest absolute Gasteiger partial charge is 0.382 e. The van der Waals surface area contributed by atoms with Gasteiger partial charge in [0.15, 0.2) is 0 Å². The van der Waals surface area contributed by atoms with Gasteiger partial charge in [0.05, 0.1) is 19.8 Å². The van der Waals surface area contributed by atoms with Crippen LogP contribution in [0.1, 0.15) is 17.7 Å². The second kappa shape index (κ2) is 8.44. The molecular weight excluding hydrogens is 224 g/mol. The van der Waals surface area contributed by atoms with Crippen LogP contribution >= 0.6 is 11.3 Å². The zero-order valence-corrected chi connectivity index (χ0v) is 10.4. The molecule has 1 aromatic rings. The standard InChI is InChI=1S/C12H18O3S/c1-14-8-9-15-7-6-11(13)4-5-12-3-2-10-16-12/h2-3,10H,4-9H2,1H3. The van der Waals surface area contributed by atoms with Crippen LogP contribution in [0.25, 0.3) is 0 Å². The van der Waals surface area contributed by atoms with E-state index in [1.54, 1.807) is 18.4 Å². The van der Waals surface area contributed by atoms with Crippen LogP contribution < -0.4 is 0 Å². The van der Waals surface area contributed by atoms with Gasteiger partial charge in [0.2, 0.25) is 0 Å². The van der Waals surface area contributed by atoms with Gasteiger partial charge in [-0.05, 0) is 17.9 Å². The van der Waals surface area contributed by atoms with Gasteiger partial charge in [-0.2, -0.15) is 0 Å². The molecule has 0 saturated carbocycles. The summed E-state index contributed by atoms with van der Waals surface area (Å²) in [6.07, 6.45) is 1.98. The van der Waals surface area contributed by atoms with Crippen molar-refractivity contribution in [2.75, 3.05) is 26.9 Å². The van der Waals surface area contributed by atoms with E-state index in [-0.39, 0.29) is 5.78 Å². The van der Waals surface area contributed by atoms with Crippen molar-refractivity contribution >= 4 is 17.1 Å². The Balaban J connectivity index is 1.99. The van der Waals surface area contributed by atoms with Crippen LogP contribution in [0.2, 0.25) is 0 Å².